The third-order valence-electron chi connectivity index (χ3n) is 2.56. The lowest BCUT2D eigenvalue weighted by Crippen LogP contribution is -2.10. The molecule has 0 unspecified atom stereocenters. The summed E-state index contributed by atoms with van der Waals surface area (Å²) in [5.74, 6) is -4.44. The zero-order valence-electron chi connectivity index (χ0n) is 11.1. The predicted molar refractivity (Wildman–Crippen MR) is 66.3 cm³/mol. The Balaban J connectivity index is 2.86. The van der Waals surface area contributed by atoms with Crippen molar-refractivity contribution in [2.45, 2.75) is 25.9 Å². The molecule has 0 saturated carbocycles. The fraction of sp³-hybridized carbons (Fsp3) is 0.357. The van der Waals surface area contributed by atoms with Crippen molar-refractivity contribution in [3.63, 3.8) is 0 Å². The Morgan fingerprint density at radius 1 is 1.24 bits per heavy atom. The summed E-state index contributed by atoms with van der Waals surface area (Å²) in [6.07, 6.45) is -1.81. The molecule has 0 aromatic heterocycles. The number of benzene rings is 1. The number of hydrogen-bond acceptors (Lipinski definition) is 2. The summed E-state index contributed by atoms with van der Waals surface area (Å²) in [5, 5.41) is 0. The zero-order valence-corrected chi connectivity index (χ0v) is 11.1. The molecule has 116 valence electrons. The summed E-state index contributed by atoms with van der Waals surface area (Å²) in [7, 11) is 0. The average molecular weight is 308 g/mol. The molecule has 0 saturated heterocycles. The van der Waals surface area contributed by atoms with Gasteiger partial charge in [0, 0.05) is 11.6 Å². The second-order valence-corrected chi connectivity index (χ2v) is 4.18. The largest absolute Gasteiger partial charge is 0.463 e. The Kier molecular flexibility index (Phi) is 5.87. The van der Waals surface area contributed by atoms with E-state index in [9.17, 15) is 26.7 Å². The third kappa shape index (κ3) is 4.84. The number of halogens is 5. The van der Waals surface area contributed by atoms with E-state index in [4.69, 9.17) is 4.74 Å². The van der Waals surface area contributed by atoms with Gasteiger partial charge in [0.1, 0.15) is 0 Å². The predicted octanol–water partition coefficient (Wildman–Crippen LogP) is 4.34. The van der Waals surface area contributed by atoms with Gasteiger partial charge in [0.2, 0.25) is 0 Å². The van der Waals surface area contributed by atoms with Crippen LogP contribution >= 0.6 is 0 Å². The van der Waals surface area contributed by atoms with Crippen molar-refractivity contribution >= 4 is 12.0 Å². The van der Waals surface area contributed by atoms with Crippen LogP contribution in [0.2, 0.25) is 0 Å². The van der Waals surface area contributed by atoms with Gasteiger partial charge >= 0.3 is 12.1 Å². The van der Waals surface area contributed by atoms with E-state index in [0.717, 1.165) is 24.6 Å². The highest BCUT2D eigenvalue weighted by atomic mass is 19.4. The summed E-state index contributed by atoms with van der Waals surface area (Å²) in [5.41, 5.74) is -2.16. The molecular weight excluding hydrogens is 295 g/mol. The first-order valence-electron chi connectivity index (χ1n) is 6.17. The van der Waals surface area contributed by atoms with Crippen LogP contribution in [0.4, 0.5) is 22.0 Å². The van der Waals surface area contributed by atoms with Crippen LogP contribution in [0.15, 0.2) is 18.2 Å². The maximum atomic E-state index is 13.5. The van der Waals surface area contributed by atoms with Gasteiger partial charge in [-0.3, -0.25) is 0 Å². The Morgan fingerprint density at radius 3 is 2.48 bits per heavy atom. The summed E-state index contributed by atoms with van der Waals surface area (Å²) in [4.78, 5) is 11.2. The van der Waals surface area contributed by atoms with Crippen LogP contribution in [-0.2, 0) is 15.7 Å². The molecule has 1 aromatic rings. The van der Waals surface area contributed by atoms with E-state index >= 15 is 0 Å². The van der Waals surface area contributed by atoms with Gasteiger partial charge in [-0.2, -0.15) is 13.2 Å². The van der Waals surface area contributed by atoms with Crippen molar-refractivity contribution in [1.29, 1.82) is 0 Å². The topological polar surface area (TPSA) is 26.3 Å². The van der Waals surface area contributed by atoms with E-state index in [1.54, 1.807) is 0 Å². The Labute approximate surface area is 118 Å². The monoisotopic (exact) mass is 308 g/mol. The van der Waals surface area contributed by atoms with Crippen LogP contribution < -0.4 is 0 Å². The van der Waals surface area contributed by atoms with Crippen molar-refractivity contribution in [3.8, 4) is 0 Å². The normalized spacial score (nSPS) is 11.9. The third-order valence-corrected chi connectivity index (χ3v) is 2.56. The Bertz CT molecular complexity index is 535. The number of carbonyl (C=O) groups is 1. The first-order valence-corrected chi connectivity index (χ1v) is 6.17. The fourth-order valence-corrected chi connectivity index (χ4v) is 1.44. The quantitative estimate of drug-likeness (QED) is 0.350. The molecule has 1 rings (SSSR count). The highest BCUT2D eigenvalue weighted by molar-refractivity contribution is 5.87. The van der Waals surface area contributed by atoms with E-state index in [2.05, 4.69) is 0 Å². The number of hydrogen-bond donors (Lipinski definition) is 0. The molecular formula is C14H13F5O2. The minimum Gasteiger partial charge on any atom is -0.463 e. The number of unbranched alkanes of at least 4 members (excludes halogenated alkanes) is 1. The van der Waals surface area contributed by atoms with E-state index in [0.29, 0.717) is 12.5 Å². The van der Waals surface area contributed by atoms with Gasteiger partial charge in [-0.05, 0) is 18.6 Å². The molecule has 0 heterocycles. The maximum Gasteiger partial charge on any atom is 0.419 e. The lowest BCUT2D eigenvalue weighted by atomic mass is 10.1. The zero-order chi connectivity index (χ0) is 16.0. The number of alkyl halides is 3. The van der Waals surface area contributed by atoms with Gasteiger partial charge in [0.15, 0.2) is 11.6 Å². The maximum absolute atomic E-state index is 13.5. The minimum absolute atomic E-state index is 0.184. The number of esters is 1. The molecule has 0 atom stereocenters. The smallest absolute Gasteiger partial charge is 0.419 e. The van der Waals surface area contributed by atoms with E-state index in [1.807, 2.05) is 6.92 Å². The molecule has 0 aliphatic rings. The number of ether oxygens (including phenoxy) is 1. The summed E-state index contributed by atoms with van der Waals surface area (Å²) < 4.78 is 68.5. The van der Waals surface area contributed by atoms with Crippen molar-refractivity contribution in [3.05, 3.63) is 41.0 Å². The minimum atomic E-state index is -4.98. The second-order valence-electron chi connectivity index (χ2n) is 4.18. The molecule has 0 bridgehead atoms. The Hall–Kier alpha value is -1.92. The highest BCUT2D eigenvalue weighted by Gasteiger charge is 2.35. The van der Waals surface area contributed by atoms with E-state index in [-0.39, 0.29) is 6.61 Å². The van der Waals surface area contributed by atoms with Gasteiger partial charge < -0.3 is 4.74 Å². The van der Waals surface area contributed by atoms with Gasteiger partial charge in [-0.25, -0.2) is 13.6 Å². The first kappa shape index (κ1) is 17.1. The second kappa shape index (κ2) is 7.19. The van der Waals surface area contributed by atoms with Crippen LogP contribution in [-0.4, -0.2) is 12.6 Å². The SMILES string of the molecule is CCCCOC(=O)C=Cc1ccc(C(F)(F)F)c(F)c1F. The van der Waals surface area contributed by atoms with Crippen LogP contribution in [0.1, 0.15) is 30.9 Å². The number of rotatable bonds is 5. The lowest BCUT2D eigenvalue weighted by Gasteiger charge is -2.09. The lowest BCUT2D eigenvalue weighted by molar-refractivity contribution is -0.140. The standard InChI is InChI=1S/C14H13F5O2/c1-2-3-8-21-11(20)7-5-9-4-6-10(14(17,18)19)13(16)12(9)15/h4-7H,2-3,8H2,1H3. The molecule has 0 N–H and O–H groups in total. The highest BCUT2D eigenvalue weighted by Crippen LogP contribution is 2.33. The molecule has 21 heavy (non-hydrogen) atoms. The molecule has 1 aromatic carbocycles. The number of carbonyl (C=O) groups excluding carboxylic acids is 1. The van der Waals surface area contributed by atoms with E-state index in [1.165, 1.54) is 0 Å². The first-order chi connectivity index (χ1) is 9.77. The van der Waals surface area contributed by atoms with Crippen molar-refractivity contribution < 1.29 is 31.5 Å². The van der Waals surface area contributed by atoms with Gasteiger partial charge in [0.05, 0.1) is 12.2 Å². The van der Waals surface area contributed by atoms with Crippen LogP contribution in [0, 0.1) is 11.6 Å². The molecule has 2 nitrogen and oxygen atoms in total. The van der Waals surface area contributed by atoms with Crippen LogP contribution in [0.5, 0.6) is 0 Å². The molecule has 0 radical (unpaired) electrons. The van der Waals surface area contributed by atoms with Crippen LogP contribution in [0.25, 0.3) is 6.08 Å². The molecule has 0 fully saturated rings. The molecule has 0 spiro atoms. The van der Waals surface area contributed by atoms with E-state index < -0.39 is 34.9 Å². The van der Waals surface area contributed by atoms with Crippen LogP contribution in [0.3, 0.4) is 0 Å². The van der Waals surface area contributed by atoms with Gasteiger partial charge in [0.25, 0.3) is 0 Å². The van der Waals surface area contributed by atoms with Gasteiger partial charge in [-0.15, -0.1) is 0 Å². The summed E-state index contributed by atoms with van der Waals surface area (Å²) in [6, 6.07) is 1.16. The van der Waals surface area contributed by atoms with Crippen molar-refractivity contribution in [2.24, 2.45) is 0 Å². The molecule has 0 aliphatic carbocycles. The summed E-state index contributed by atoms with van der Waals surface area (Å²) in [6.45, 7) is 2.08. The molecule has 0 amide bonds. The van der Waals surface area contributed by atoms with Crippen molar-refractivity contribution in [2.75, 3.05) is 6.61 Å². The average Bonchev–Trinajstić information content (AvgIpc) is 2.39. The molecule has 7 heteroatoms. The fourth-order valence-electron chi connectivity index (χ4n) is 1.44. The Morgan fingerprint density at radius 2 is 1.90 bits per heavy atom. The van der Waals surface area contributed by atoms with Crippen molar-refractivity contribution in [1.82, 2.24) is 0 Å². The summed E-state index contributed by atoms with van der Waals surface area (Å²) >= 11 is 0. The van der Waals surface area contributed by atoms with Gasteiger partial charge in [-0.1, -0.05) is 19.4 Å². The molecule has 0 aliphatic heterocycles.